The maximum Gasteiger partial charge on any atom is 0.141 e. The third kappa shape index (κ3) is 2.76. The van der Waals surface area contributed by atoms with Crippen LogP contribution in [0.3, 0.4) is 0 Å². The Labute approximate surface area is 117 Å². The van der Waals surface area contributed by atoms with Gasteiger partial charge in [0.05, 0.1) is 11.6 Å². The van der Waals surface area contributed by atoms with E-state index in [2.05, 4.69) is 28.6 Å². The van der Waals surface area contributed by atoms with Crippen molar-refractivity contribution in [3.63, 3.8) is 0 Å². The van der Waals surface area contributed by atoms with Crippen LogP contribution >= 0.6 is 11.3 Å². The molecular weight excluding hydrogens is 254 g/mol. The highest BCUT2D eigenvalue weighted by molar-refractivity contribution is 7.09. The molecule has 0 aliphatic heterocycles. The van der Waals surface area contributed by atoms with Gasteiger partial charge in [0.2, 0.25) is 0 Å². The van der Waals surface area contributed by atoms with E-state index < -0.39 is 0 Å². The average molecular weight is 271 g/mol. The zero-order valence-corrected chi connectivity index (χ0v) is 11.7. The van der Waals surface area contributed by atoms with Crippen molar-refractivity contribution in [3.05, 3.63) is 52.0 Å². The molecule has 0 radical (unpaired) electrons. The number of hydrogen-bond donors (Lipinski definition) is 0. The fourth-order valence-electron chi connectivity index (χ4n) is 2.79. The summed E-state index contributed by atoms with van der Waals surface area (Å²) in [5.41, 5.74) is 2.29. The van der Waals surface area contributed by atoms with E-state index in [1.165, 1.54) is 10.4 Å². The summed E-state index contributed by atoms with van der Waals surface area (Å²) < 4.78 is 0. The summed E-state index contributed by atoms with van der Waals surface area (Å²) in [6, 6.07) is 8.27. The smallest absolute Gasteiger partial charge is 0.141 e. The number of fused-ring (bicyclic) bond motifs is 1. The molecule has 2 heterocycles. The zero-order chi connectivity index (χ0) is 13.1. The molecule has 0 aromatic carbocycles. The Balaban J connectivity index is 1.57. The molecule has 19 heavy (non-hydrogen) atoms. The highest BCUT2D eigenvalue weighted by Crippen LogP contribution is 2.32. The van der Waals surface area contributed by atoms with Gasteiger partial charge in [-0.2, -0.15) is 0 Å². The van der Waals surface area contributed by atoms with Crippen molar-refractivity contribution >= 4 is 17.1 Å². The maximum absolute atomic E-state index is 12.3. The van der Waals surface area contributed by atoms with E-state index in [4.69, 9.17) is 0 Å². The van der Waals surface area contributed by atoms with E-state index in [9.17, 15) is 4.79 Å². The number of Topliss-reactive ketones (excluding diaryl/α,β-unsaturated/α-hetero) is 1. The number of aromatic nitrogens is 1. The molecule has 0 saturated heterocycles. The number of carbonyl (C=O) groups is 1. The maximum atomic E-state index is 12.3. The van der Waals surface area contributed by atoms with Crippen LogP contribution in [0.25, 0.3) is 0 Å². The number of thiophene rings is 1. The number of nitrogens with zero attached hydrogens (tertiary/aromatic N) is 1. The average Bonchev–Trinajstić information content (AvgIpc) is 3.07. The minimum Gasteiger partial charge on any atom is -0.299 e. The van der Waals surface area contributed by atoms with Gasteiger partial charge in [0.15, 0.2) is 0 Å². The molecular formula is C16H17NOS. The van der Waals surface area contributed by atoms with Gasteiger partial charge < -0.3 is 0 Å². The Hall–Kier alpha value is -1.48. The standard InChI is InChI=1S/C16H17NOS/c18-15(7-1-5-13-6-3-11-19-13)14-9-8-12-4-2-10-17-16(12)14/h2-4,6,10-11,14H,1,5,7-9H2. The molecule has 3 heteroatoms. The predicted molar refractivity (Wildman–Crippen MR) is 77.6 cm³/mol. The van der Waals surface area contributed by atoms with E-state index in [0.29, 0.717) is 12.2 Å². The molecule has 0 bridgehead atoms. The molecule has 1 aliphatic rings. The minimum atomic E-state index is 0.0551. The van der Waals surface area contributed by atoms with Crippen molar-refractivity contribution in [2.24, 2.45) is 0 Å². The summed E-state index contributed by atoms with van der Waals surface area (Å²) in [7, 11) is 0. The molecule has 0 amide bonds. The number of ketones is 1. The van der Waals surface area contributed by atoms with Gasteiger partial charge in [0, 0.05) is 17.5 Å². The second kappa shape index (κ2) is 5.66. The van der Waals surface area contributed by atoms with Gasteiger partial charge in [0.1, 0.15) is 5.78 Å². The lowest BCUT2D eigenvalue weighted by atomic mass is 9.97. The largest absolute Gasteiger partial charge is 0.299 e. The van der Waals surface area contributed by atoms with E-state index in [1.54, 1.807) is 17.5 Å². The third-order valence-corrected chi connectivity index (χ3v) is 4.71. The van der Waals surface area contributed by atoms with Crippen LogP contribution in [0.2, 0.25) is 0 Å². The zero-order valence-electron chi connectivity index (χ0n) is 10.8. The van der Waals surface area contributed by atoms with Crippen LogP contribution < -0.4 is 0 Å². The molecule has 0 spiro atoms. The molecule has 1 aliphatic carbocycles. The molecule has 2 aromatic heterocycles. The molecule has 2 aromatic rings. The first kappa shape index (κ1) is 12.5. The van der Waals surface area contributed by atoms with Crippen molar-refractivity contribution < 1.29 is 4.79 Å². The van der Waals surface area contributed by atoms with Crippen LogP contribution in [0.15, 0.2) is 35.8 Å². The second-order valence-corrected chi connectivity index (χ2v) is 6.07. The van der Waals surface area contributed by atoms with Gasteiger partial charge in [-0.15, -0.1) is 11.3 Å². The first-order valence-corrected chi connectivity index (χ1v) is 7.71. The highest BCUT2D eigenvalue weighted by Gasteiger charge is 2.28. The van der Waals surface area contributed by atoms with Gasteiger partial charge >= 0.3 is 0 Å². The van der Waals surface area contributed by atoms with Gasteiger partial charge in [-0.1, -0.05) is 12.1 Å². The lowest BCUT2D eigenvalue weighted by molar-refractivity contribution is -0.120. The van der Waals surface area contributed by atoms with Crippen LogP contribution in [0.1, 0.15) is 41.3 Å². The van der Waals surface area contributed by atoms with Crippen LogP contribution in [0.5, 0.6) is 0 Å². The predicted octanol–water partition coefficient (Wildman–Crippen LogP) is 3.76. The number of aryl methyl sites for hydroxylation is 2. The van der Waals surface area contributed by atoms with E-state index >= 15 is 0 Å². The summed E-state index contributed by atoms with van der Waals surface area (Å²) in [5.74, 6) is 0.425. The summed E-state index contributed by atoms with van der Waals surface area (Å²) >= 11 is 1.77. The third-order valence-electron chi connectivity index (χ3n) is 3.77. The lowest BCUT2D eigenvalue weighted by Gasteiger charge is -2.09. The number of carbonyl (C=O) groups excluding carboxylic acids is 1. The molecule has 1 unspecified atom stereocenters. The van der Waals surface area contributed by atoms with Crippen molar-refractivity contribution in [2.75, 3.05) is 0 Å². The molecule has 3 rings (SSSR count). The second-order valence-electron chi connectivity index (χ2n) is 5.04. The summed E-state index contributed by atoms with van der Waals surface area (Å²) in [4.78, 5) is 18.1. The van der Waals surface area contributed by atoms with Gasteiger partial charge in [-0.05, 0) is 48.8 Å². The van der Waals surface area contributed by atoms with Gasteiger partial charge in [-0.3, -0.25) is 9.78 Å². The summed E-state index contributed by atoms with van der Waals surface area (Å²) in [5, 5.41) is 2.09. The van der Waals surface area contributed by atoms with Gasteiger partial charge in [0.25, 0.3) is 0 Å². The topological polar surface area (TPSA) is 30.0 Å². The number of hydrogen-bond acceptors (Lipinski definition) is 3. The SMILES string of the molecule is O=C(CCCc1cccs1)C1CCc2cccnc21. The molecule has 0 fully saturated rings. The summed E-state index contributed by atoms with van der Waals surface area (Å²) in [6.45, 7) is 0. The van der Waals surface area contributed by atoms with Crippen molar-refractivity contribution in [2.45, 2.75) is 38.0 Å². The van der Waals surface area contributed by atoms with Crippen LogP contribution in [-0.4, -0.2) is 10.8 Å². The Morgan fingerprint density at radius 3 is 3.16 bits per heavy atom. The van der Waals surface area contributed by atoms with Crippen LogP contribution in [-0.2, 0) is 17.6 Å². The Morgan fingerprint density at radius 1 is 1.37 bits per heavy atom. The molecule has 0 saturated carbocycles. The van der Waals surface area contributed by atoms with Crippen LogP contribution in [0, 0.1) is 0 Å². The fraction of sp³-hybridized carbons (Fsp3) is 0.375. The Kier molecular flexibility index (Phi) is 3.74. The van der Waals surface area contributed by atoms with E-state index in [-0.39, 0.29) is 5.92 Å². The van der Waals surface area contributed by atoms with Gasteiger partial charge in [-0.25, -0.2) is 0 Å². The molecule has 0 N–H and O–H groups in total. The van der Waals surface area contributed by atoms with E-state index in [0.717, 1.165) is 31.4 Å². The molecule has 98 valence electrons. The number of pyridine rings is 1. The molecule has 2 nitrogen and oxygen atoms in total. The van der Waals surface area contributed by atoms with Crippen LogP contribution in [0.4, 0.5) is 0 Å². The number of rotatable bonds is 5. The minimum absolute atomic E-state index is 0.0551. The lowest BCUT2D eigenvalue weighted by Crippen LogP contribution is -2.11. The first-order chi connectivity index (χ1) is 9.34. The quantitative estimate of drug-likeness (QED) is 0.828. The van der Waals surface area contributed by atoms with Crippen molar-refractivity contribution in [1.82, 2.24) is 4.98 Å². The Morgan fingerprint density at radius 2 is 2.32 bits per heavy atom. The summed E-state index contributed by atoms with van der Waals surface area (Å²) in [6.07, 6.45) is 6.41. The normalized spacial score (nSPS) is 17.4. The fourth-order valence-corrected chi connectivity index (χ4v) is 3.54. The monoisotopic (exact) mass is 271 g/mol. The highest BCUT2D eigenvalue weighted by atomic mass is 32.1. The Bertz CT molecular complexity index is 562. The van der Waals surface area contributed by atoms with Crippen molar-refractivity contribution in [3.8, 4) is 0 Å². The van der Waals surface area contributed by atoms with E-state index in [1.807, 2.05) is 6.07 Å². The van der Waals surface area contributed by atoms with Crippen molar-refractivity contribution in [1.29, 1.82) is 0 Å². The first-order valence-electron chi connectivity index (χ1n) is 6.83. The molecule has 1 atom stereocenters.